The van der Waals surface area contributed by atoms with Crippen LogP contribution in [-0.2, 0) is 4.79 Å². The zero-order valence-corrected chi connectivity index (χ0v) is 11.2. The predicted octanol–water partition coefficient (Wildman–Crippen LogP) is 0.910. The largest absolute Gasteiger partial charge is 0.399 e. The molecule has 0 aliphatic carbocycles. The molecule has 1 aromatic rings. The molecular weight excluding hydrogens is 242 g/mol. The summed E-state index contributed by atoms with van der Waals surface area (Å²) in [6, 6.07) is 7.16. The molecule has 1 saturated heterocycles. The molecule has 4 N–H and O–H groups in total. The van der Waals surface area contributed by atoms with Crippen LogP contribution in [0.2, 0.25) is 0 Å². The second kappa shape index (κ2) is 6.04. The Kier molecular flexibility index (Phi) is 4.39. The van der Waals surface area contributed by atoms with Gasteiger partial charge in [0.05, 0.1) is 13.2 Å². The molecular formula is C14H21N3O2. The number of amides is 1. The second-order valence-corrected chi connectivity index (χ2v) is 5.16. The van der Waals surface area contributed by atoms with Gasteiger partial charge in [0.15, 0.2) is 0 Å². The minimum absolute atomic E-state index is 0.0580. The van der Waals surface area contributed by atoms with Crippen molar-refractivity contribution in [2.24, 2.45) is 5.92 Å². The van der Waals surface area contributed by atoms with Gasteiger partial charge in [0.2, 0.25) is 5.91 Å². The highest BCUT2D eigenvalue weighted by molar-refractivity contribution is 5.92. The number of aliphatic hydroxyl groups excluding tert-OH is 1. The van der Waals surface area contributed by atoms with Crippen LogP contribution in [0.3, 0.4) is 0 Å². The lowest BCUT2D eigenvalue weighted by Gasteiger charge is -2.24. The van der Waals surface area contributed by atoms with E-state index in [2.05, 4.69) is 12.2 Å². The summed E-state index contributed by atoms with van der Waals surface area (Å²) in [5, 5.41) is 12.2. The first-order valence-corrected chi connectivity index (χ1v) is 6.60. The zero-order valence-electron chi connectivity index (χ0n) is 11.2. The molecule has 5 heteroatoms. The number of anilines is 2. The fourth-order valence-corrected chi connectivity index (χ4v) is 2.53. The average Bonchev–Trinajstić information content (AvgIpc) is 2.72. The maximum Gasteiger partial charge on any atom is 0.238 e. The minimum atomic E-state index is -0.0580. The van der Waals surface area contributed by atoms with E-state index in [-0.39, 0.29) is 18.6 Å². The Bertz CT molecular complexity index is 433. The third-order valence-corrected chi connectivity index (χ3v) is 3.73. The van der Waals surface area contributed by atoms with Gasteiger partial charge >= 0.3 is 0 Å². The van der Waals surface area contributed by atoms with Crippen molar-refractivity contribution in [3.8, 4) is 0 Å². The molecule has 1 amide bonds. The summed E-state index contributed by atoms with van der Waals surface area (Å²) in [6.07, 6.45) is 1.03. The Labute approximate surface area is 113 Å². The monoisotopic (exact) mass is 263 g/mol. The number of carbonyl (C=O) groups excluding carboxylic acids is 1. The second-order valence-electron chi connectivity index (χ2n) is 5.16. The Morgan fingerprint density at radius 2 is 2.16 bits per heavy atom. The van der Waals surface area contributed by atoms with Crippen LogP contribution in [0.15, 0.2) is 24.3 Å². The number of carbonyl (C=O) groups is 1. The molecule has 2 atom stereocenters. The lowest BCUT2D eigenvalue weighted by atomic mass is 10.0. The van der Waals surface area contributed by atoms with Crippen molar-refractivity contribution in [1.29, 1.82) is 0 Å². The molecule has 1 aromatic carbocycles. The quantitative estimate of drug-likeness (QED) is 0.706. The molecule has 0 saturated carbocycles. The van der Waals surface area contributed by atoms with E-state index in [9.17, 15) is 9.90 Å². The average molecular weight is 263 g/mol. The summed E-state index contributed by atoms with van der Waals surface area (Å²) in [5.74, 6) is 0.381. The Balaban J connectivity index is 1.89. The maximum absolute atomic E-state index is 12.0. The van der Waals surface area contributed by atoms with Crippen LogP contribution in [0.4, 0.5) is 11.4 Å². The van der Waals surface area contributed by atoms with Crippen molar-refractivity contribution in [2.45, 2.75) is 19.4 Å². The van der Waals surface area contributed by atoms with E-state index < -0.39 is 0 Å². The third kappa shape index (κ3) is 3.45. The molecule has 104 valence electrons. The van der Waals surface area contributed by atoms with Crippen LogP contribution >= 0.6 is 0 Å². The molecule has 2 unspecified atom stereocenters. The Morgan fingerprint density at radius 3 is 2.79 bits per heavy atom. The standard InChI is InChI=1S/C14H21N3O2/c1-10-6-7-17(13(10)9-18)8-14(19)16-12-4-2-11(15)3-5-12/h2-5,10,13,18H,6-9,15H2,1H3,(H,16,19). The van der Waals surface area contributed by atoms with Gasteiger partial charge in [-0.1, -0.05) is 6.92 Å². The van der Waals surface area contributed by atoms with Crippen molar-refractivity contribution >= 4 is 17.3 Å². The number of hydrogen-bond acceptors (Lipinski definition) is 4. The van der Waals surface area contributed by atoms with E-state index in [0.29, 0.717) is 18.2 Å². The van der Waals surface area contributed by atoms with Crippen molar-refractivity contribution in [1.82, 2.24) is 4.90 Å². The highest BCUT2D eigenvalue weighted by Gasteiger charge is 2.31. The van der Waals surface area contributed by atoms with E-state index in [1.807, 2.05) is 4.90 Å². The summed E-state index contributed by atoms with van der Waals surface area (Å²) in [5.41, 5.74) is 7.01. The van der Waals surface area contributed by atoms with Gasteiger partial charge in [-0.2, -0.15) is 0 Å². The normalized spacial score (nSPS) is 23.5. The first-order valence-electron chi connectivity index (χ1n) is 6.60. The van der Waals surface area contributed by atoms with Crippen LogP contribution in [0.25, 0.3) is 0 Å². The van der Waals surface area contributed by atoms with Gasteiger partial charge in [-0.05, 0) is 43.1 Å². The zero-order chi connectivity index (χ0) is 13.8. The van der Waals surface area contributed by atoms with Crippen molar-refractivity contribution in [2.75, 3.05) is 30.7 Å². The molecule has 1 fully saturated rings. The van der Waals surface area contributed by atoms with E-state index in [4.69, 9.17) is 5.73 Å². The van der Waals surface area contributed by atoms with Gasteiger partial charge in [-0.25, -0.2) is 0 Å². The Hall–Kier alpha value is -1.59. The number of rotatable bonds is 4. The molecule has 19 heavy (non-hydrogen) atoms. The summed E-state index contributed by atoms with van der Waals surface area (Å²) >= 11 is 0. The lowest BCUT2D eigenvalue weighted by molar-refractivity contribution is -0.117. The maximum atomic E-state index is 12.0. The van der Waals surface area contributed by atoms with Gasteiger partial charge in [-0.15, -0.1) is 0 Å². The first-order chi connectivity index (χ1) is 9.10. The fourth-order valence-electron chi connectivity index (χ4n) is 2.53. The smallest absolute Gasteiger partial charge is 0.238 e. The molecule has 1 heterocycles. The van der Waals surface area contributed by atoms with Crippen molar-refractivity contribution in [3.05, 3.63) is 24.3 Å². The summed E-state index contributed by atoms with van der Waals surface area (Å²) in [4.78, 5) is 14.0. The number of hydrogen-bond donors (Lipinski definition) is 3. The first kappa shape index (κ1) is 13.8. The van der Waals surface area contributed by atoms with E-state index >= 15 is 0 Å². The van der Waals surface area contributed by atoms with Crippen LogP contribution < -0.4 is 11.1 Å². The number of nitrogen functional groups attached to an aromatic ring is 1. The van der Waals surface area contributed by atoms with Gasteiger partial charge in [0, 0.05) is 17.4 Å². The fraction of sp³-hybridized carbons (Fsp3) is 0.500. The van der Waals surface area contributed by atoms with E-state index in [0.717, 1.165) is 18.7 Å². The van der Waals surface area contributed by atoms with Crippen LogP contribution in [0.5, 0.6) is 0 Å². The van der Waals surface area contributed by atoms with Crippen LogP contribution in [0, 0.1) is 5.92 Å². The molecule has 0 aromatic heterocycles. The summed E-state index contributed by atoms with van der Waals surface area (Å²) < 4.78 is 0. The number of aliphatic hydroxyl groups is 1. The van der Waals surface area contributed by atoms with Crippen molar-refractivity contribution < 1.29 is 9.90 Å². The topological polar surface area (TPSA) is 78.6 Å². The SMILES string of the molecule is CC1CCN(CC(=O)Nc2ccc(N)cc2)C1CO. The number of nitrogens with two attached hydrogens (primary N) is 1. The molecule has 5 nitrogen and oxygen atoms in total. The van der Waals surface area contributed by atoms with Gasteiger partial charge in [0.1, 0.15) is 0 Å². The molecule has 0 spiro atoms. The lowest BCUT2D eigenvalue weighted by Crippen LogP contribution is -2.40. The van der Waals surface area contributed by atoms with Gasteiger partial charge < -0.3 is 16.2 Å². The highest BCUT2D eigenvalue weighted by atomic mass is 16.3. The number of likely N-dealkylation sites (tertiary alicyclic amines) is 1. The molecule has 0 radical (unpaired) electrons. The van der Waals surface area contributed by atoms with Crippen LogP contribution in [0.1, 0.15) is 13.3 Å². The number of nitrogens with one attached hydrogen (secondary N) is 1. The highest BCUT2D eigenvalue weighted by Crippen LogP contribution is 2.23. The van der Waals surface area contributed by atoms with Gasteiger partial charge in [0.25, 0.3) is 0 Å². The van der Waals surface area contributed by atoms with E-state index in [1.165, 1.54) is 0 Å². The van der Waals surface area contributed by atoms with Gasteiger partial charge in [-0.3, -0.25) is 9.69 Å². The molecule has 1 aliphatic rings. The molecule has 2 rings (SSSR count). The Morgan fingerprint density at radius 1 is 1.47 bits per heavy atom. The molecule has 1 aliphatic heterocycles. The van der Waals surface area contributed by atoms with E-state index in [1.54, 1.807) is 24.3 Å². The third-order valence-electron chi connectivity index (χ3n) is 3.73. The summed E-state index contributed by atoms with van der Waals surface area (Å²) in [6.45, 7) is 3.40. The predicted molar refractivity (Wildman–Crippen MR) is 75.7 cm³/mol. The van der Waals surface area contributed by atoms with Crippen LogP contribution in [-0.4, -0.2) is 41.7 Å². The van der Waals surface area contributed by atoms with Crippen molar-refractivity contribution in [3.63, 3.8) is 0 Å². The minimum Gasteiger partial charge on any atom is -0.399 e. The molecule has 0 bridgehead atoms. The number of nitrogens with zero attached hydrogens (tertiary/aromatic N) is 1. The number of benzene rings is 1. The summed E-state index contributed by atoms with van der Waals surface area (Å²) in [7, 11) is 0.